The minimum absolute atomic E-state index is 0.658. The standard InChI is InChI=1S/C7H6FIO/c8-7-5-3-1-2-4-6(5)9-10-7/h1-4,7,9H. The molecular formula is C7H6FIO. The van der Waals surface area contributed by atoms with Crippen molar-refractivity contribution in [1.29, 1.82) is 0 Å². The Morgan fingerprint density at radius 3 is 3.00 bits per heavy atom. The third-order valence-electron chi connectivity index (χ3n) is 1.39. The average molecular weight is 252 g/mol. The molecule has 0 fully saturated rings. The molecule has 1 unspecified atom stereocenters. The van der Waals surface area contributed by atoms with Crippen molar-refractivity contribution in [2.75, 3.05) is 0 Å². The summed E-state index contributed by atoms with van der Waals surface area (Å²) >= 11 is -0.658. The third kappa shape index (κ3) is 0.932. The van der Waals surface area contributed by atoms with Crippen LogP contribution in [0.15, 0.2) is 24.3 Å². The van der Waals surface area contributed by atoms with Crippen molar-refractivity contribution >= 4 is 21.6 Å². The van der Waals surface area contributed by atoms with E-state index in [1.54, 1.807) is 6.07 Å². The molecule has 3 heteroatoms. The van der Waals surface area contributed by atoms with Crippen LogP contribution in [-0.4, -0.2) is 0 Å². The third-order valence-corrected chi connectivity index (χ3v) is 3.72. The van der Waals surface area contributed by atoms with Gasteiger partial charge in [0.1, 0.15) is 0 Å². The monoisotopic (exact) mass is 252 g/mol. The Hall–Kier alpha value is -0.160. The van der Waals surface area contributed by atoms with Gasteiger partial charge in [0.05, 0.1) is 0 Å². The molecular weight excluding hydrogens is 246 g/mol. The Bertz CT molecular complexity index is 251. The molecule has 0 bridgehead atoms. The molecule has 10 heavy (non-hydrogen) atoms. The van der Waals surface area contributed by atoms with Gasteiger partial charge in [-0.15, -0.1) is 0 Å². The molecule has 0 saturated carbocycles. The van der Waals surface area contributed by atoms with Gasteiger partial charge >= 0.3 is 68.8 Å². The molecule has 1 aromatic carbocycles. The fourth-order valence-corrected chi connectivity index (χ4v) is 2.84. The molecule has 1 aliphatic rings. The van der Waals surface area contributed by atoms with E-state index < -0.39 is 28.0 Å². The molecule has 0 amide bonds. The maximum atomic E-state index is 12.7. The van der Waals surface area contributed by atoms with Crippen molar-refractivity contribution in [1.82, 2.24) is 0 Å². The van der Waals surface area contributed by atoms with Crippen LogP contribution < -0.4 is 0 Å². The van der Waals surface area contributed by atoms with Crippen LogP contribution in [0.1, 0.15) is 11.9 Å². The molecule has 0 N–H and O–H groups in total. The van der Waals surface area contributed by atoms with Crippen LogP contribution in [0, 0.1) is 3.57 Å². The first-order valence-electron chi connectivity index (χ1n) is 2.94. The molecule has 1 aliphatic heterocycles. The summed E-state index contributed by atoms with van der Waals surface area (Å²) in [6.07, 6.45) is -1.14. The molecule has 54 valence electrons. The second-order valence-corrected chi connectivity index (χ2v) is 4.31. The number of halogens is 2. The molecule has 0 radical (unpaired) electrons. The van der Waals surface area contributed by atoms with E-state index in [0.717, 1.165) is 9.13 Å². The zero-order valence-corrected chi connectivity index (χ0v) is 7.41. The zero-order valence-electron chi connectivity index (χ0n) is 5.08. The number of alkyl halides is 1. The summed E-state index contributed by atoms with van der Waals surface area (Å²) in [4.78, 5) is 0. The molecule has 1 heterocycles. The normalized spacial score (nSPS) is 23.5. The Morgan fingerprint density at radius 1 is 1.40 bits per heavy atom. The Labute approximate surface area is 69.0 Å². The van der Waals surface area contributed by atoms with Gasteiger partial charge in [-0.25, -0.2) is 0 Å². The molecule has 1 aromatic rings. The van der Waals surface area contributed by atoms with Crippen molar-refractivity contribution in [3.05, 3.63) is 33.4 Å². The van der Waals surface area contributed by atoms with E-state index in [2.05, 4.69) is 0 Å². The van der Waals surface area contributed by atoms with Gasteiger partial charge in [-0.2, -0.15) is 0 Å². The van der Waals surface area contributed by atoms with E-state index in [1.165, 1.54) is 0 Å². The van der Waals surface area contributed by atoms with Crippen molar-refractivity contribution in [3.8, 4) is 0 Å². The first-order chi connectivity index (χ1) is 4.88. The van der Waals surface area contributed by atoms with E-state index in [-0.39, 0.29) is 0 Å². The van der Waals surface area contributed by atoms with Crippen LogP contribution >= 0.6 is 21.6 Å². The summed E-state index contributed by atoms with van der Waals surface area (Å²) in [6, 6.07) is 7.49. The van der Waals surface area contributed by atoms with Gasteiger partial charge in [-0.1, -0.05) is 0 Å². The van der Waals surface area contributed by atoms with Crippen LogP contribution in [-0.2, 0) is 3.07 Å². The van der Waals surface area contributed by atoms with Gasteiger partial charge in [0.25, 0.3) is 0 Å². The van der Waals surface area contributed by atoms with E-state index in [1.807, 2.05) is 18.2 Å². The van der Waals surface area contributed by atoms with Gasteiger partial charge in [0.2, 0.25) is 0 Å². The van der Waals surface area contributed by atoms with E-state index in [4.69, 9.17) is 3.07 Å². The zero-order chi connectivity index (χ0) is 6.97. The number of benzene rings is 1. The molecule has 0 spiro atoms. The number of hydrogen-bond donors (Lipinski definition) is 0. The second-order valence-electron chi connectivity index (χ2n) is 2.03. The number of fused-ring (bicyclic) bond motifs is 1. The molecule has 0 saturated heterocycles. The van der Waals surface area contributed by atoms with Gasteiger partial charge in [-0.05, 0) is 0 Å². The maximum absolute atomic E-state index is 12.7. The predicted octanol–water partition coefficient (Wildman–Crippen LogP) is 2.47. The van der Waals surface area contributed by atoms with Gasteiger partial charge < -0.3 is 0 Å². The second kappa shape index (κ2) is 2.47. The van der Waals surface area contributed by atoms with E-state index in [9.17, 15) is 4.39 Å². The SMILES string of the molecule is FC1O[IH]c2ccccc21. The quantitative estimate of drug-likeness (QED) is 0.644. The summed E-state index contributed by atoms with van der Waals surface area (Å²) in [5, 5.41) is 0. The van der Waals surface area contributed by atoms with Gasteiger partial charge in [0.15, 0.2) is 0 Å². The van der Waals surface area contributed by atoms with Crippen molar-refractivity contribution in [2.24, 2.45) is 0 Å². The van der Waals surface area contributed by atoms with Crippen LogP contribution in [0.5, 0.6) is 0 Å². The fourth-order valence-electron chi connectivity index (χ4n) is 0.890. The molecule has 1 nitrogen and oxygen atoms in total. The number of rotatable bonds is 0. The molecule has 0 aliphatic carbocycles. The predicted molar refractivity (Wildman–Crippen MR) is 45.5 cm³/mol. The van der Waals surface area contributed by atoms with Crippen molar-refractivity contribution in [2.45, 2.75) is 6.36 Å². The van der Waals surface area contributed by atoms with Crippen molar-refractivity contribution < 1.29 is 7.46 Å². The first kappa shape index (κ1) is 6.54. The topological polar surface area (TPSA) is 9.23 Å². The molecule has 1 atom stereocenters. The van der Waals surface area contributed by atoms with Gasteiger partial charge in [0, 0.05) is 0 Å². The van der Waals surface area contributed by atoms with Crippen LogP contribution in [0.3, 0.4) is 0 Å². The van der Waals surface area contributed by atoms with E-state index >= 15 is 0 Å². The van der Waals surface area contributed by atoms with Gasteiger partial charge in [-0.3, -0.25) is 0 Å². The summed E-state index contributed by atoms with van der Waals surface area (Å²) in [5.74, 6) is 0. The summed E-state index contributed by atoms with van der Waals surface area (Å²) in [6.45, 7) is 0. The van der Waals surface area contributed by atoms with E-state index in [0.29, 0.717) is 0 Å². The van der Waals surface area contributed by atoms with Crippen molar-refractivity contribution in [3.63, 3.8) is 0 Å². The molecule has 0 aromatic heterocycles. The van der Waals surface area contributed by atoms with Crippen LogP contribution in [0.25, 0.3) is 0 Å². The number of hydrogen-bond acceptors (Lipinski definition) is 1. The Kier molecular flexibility index (Phi) is 1.61. The fraction of sp³-hybridized carbons (Fsp3) is 0.143. The van der Waals surface area contributed by atoms with Crippen LogP contribution in [0.4, 0.5) is 4.39 Å². The Morgan fingerprint density at radius 2 is 2.20 bits per heavy atom. The Balaban J connectivity index is 2.51. The average Bonchev–Trinajstić information content (AvgIpc) is 2.34. The molecule has 2 rings (SSSR count). The summed E-state index contributed by atoms with van der Waals surface area (Å²) in [7, 11) is 0. The van der Waals surface area contributed by atoms with Crippen LogP contribution in [0.2, 0.25) is 0 Å². The first-order valence-corrected chi connectivity index (χ1v) is 5.06. The summed E-state index contributed by atoms with van der Waals surface area (Å²) < 4.78 is 18.7. The minimum atomic E-state index is -1.14. The summed E-state index contributed by atoms with van der Waals surface area (Å²) in [5.41, 5.74) is 0.741.